The van der Waals surface area contributed by atoms with E-state index < -0.39 is 0 Å². The second-order valence-corrected chi connectivity index (χ2v) is 7.84. The first-order valence-corrected chi connectivity index (χ1v) is 10.4. The van der Waals surface area contributed by atoms with E-state index in [1.54, 1.807) is 29.2 Å². The highest BCUT2D eigenvalue weighted by molar-refractivity contribution is 6.01. The number of amides is 1. The Hall–Kier alpha value is -4.21. The molecule has 0 spiro atoms. The van der Waals surface area contributed by atoms with Gasteiger partial charge in [0.05, 0.1) is 30.0 Å². The molecule has 10 nitrogen and oxygen atoms in total. The normalized spacial score (nSPS) is 12.4. The van der Waals surface area contributed by atoms with Crippen molar-refractivity contribution in [3.63, 3.8) is 0 Å². The minimum atomic E-state index is -0.211. The SMILES string of the molecule is CC[C@H](C)NC(=O)c1cc(-c2cnn(Cc3cccc4cn[nH]c34)c2)cn2nc(N)nc12. The lowest BCUT2D eigenvalue weighted by Crippen LogP contribution is -2.32. The van der Waals surface area contributed by atoms with E-state index in [0.717, 1.165) is 34.0 Å². The standard InChI is InChI=1S/C22H23N9O/c1-3-13(2)26-21(32)18-7-16(12-31-20(18)27-22(23)29-31)17-9-25-30(11-17)10-15-6-4-5-14-8-24-28-19(14)15/h4-9,11-13H,3,10H2,1-2H3,(H2,23,29)(H,24,28)(H,26,32)/t13-/m0/s1. The van der Waals surface area contributed by atoms with Crippen LogP contribution in [0.4, 0.5) is 5.95 Å². The number of carbonyl (C=O) groups is 1. The molecule has 0 aliphatic carbocycles. The molecule has 32 heavy (non-hydrogen) atoms. The number of aromatic amines is 1. The Morgan fingerprint density at radius 2 is 2.12 bits per heavy atom. The number of hydrogen-bond donors (Lipinski definition) is 3. The number of nitrogens with one attached hydrogen (secondary N) is 2. The lowest BCUT2D eigenvalue weighted by atomic mass is 10.1. The van der Waals surface area contributed by atoms with Crippen LogP contribution < -0.4 is 11.1 Å². The molecule has 0 fully saturated rings. The average Bonchev–Trinajstić information content (AvgIpc) is 3.51. The molecule has 162 valence electrons. The Morgan fingerprint density at radius 1 is 1.25 bits per heavy atom. The first-order valence-electron chi connectivity index (χ1n) is 10.4. The quantitative estimate of drug-likeness (QED) is 0.380. The molecule has 4 aromatic heterocycles. The molecule has 1 atom stereocenters. The molecular weight excluding hydrogens is 406 g/mol. The van der Waals surface area contributed by atoms with Crippen LogP contribution in [0.3, 0.4) is 0 Å². The largest absolute Gasteiger partial charge is 0.366 e. The zero-order chi connectivity index (χ0) is 22.2. The topological polar surface area (TPSA) is 132 Å². The third kappa shape index (κ3) is 3.55. The van der Waals surface area contributed by atoms with Gasteiger partial charge in [0.2, 0.25) is 5.95 Å². The molecule has 0 unspecified atom stereocenters. The monoisotopic (exact) mass is 429 g/mol. The maximum atomic E-state index is 12.9. The molecule has 0 saturated carbocycles. The first kappa shape index (κ1) is 19.7. The van der Waals surface area contributed by atoms with Crippen molar-refractivity contribution < 1.29 is 4.79 Å². The summed E-state index contributed by atoms with van der Waals surface area (Å²) in [7, 11) is 0. The van der Waals surface area contributed by atoms with Crippen LogP contribution in [-0.2, 0) is 6.54 Å². The summed E-state index contributed by atoms with van der Waals surface area (Å²) in [4.78, 5) is 17.1. The van der Waals surface area contributed by atoms with Crippen molar-refractivity contribution in [3.8, 4) is 11.1 Å². The van der Waals surface area contributed by atoms with Gasteiger partial charge in [-0.1, -0.05) is 25.1 Å². The molecule has 10 heteroatoms. The second-order valence-electron chi connectivity index (χ2n) is 7.84. The summed E-state index contributed by atoms with van der Waals surface area (Å²) in [6.45, 7) is 4.56. The molecule has 0 aliphatic rings. The Labute approximate surface area is 183 Å². The minimum absolute atomic E-state index is 0.0411. The van der Waals surface area contributed by atoms with Crippen molar-refractivity contribution in [1.29, 1.82) is 0 Å². The molecule has 0 bridgehead atoms. The van der Waals surface area contributed by atoms with Crippen molar-refractivity contribution >= 4 is 28.4 Å². The van der Waals surface area contributed by atoms with Crippen molar-refractivity contribution in [3.05, 3.63) is 60.2 Å². The Kier molecular flexibility index (Phi) is 4.81. The van der Waals surface area contributed by atoms with Gasteiger partial charge in [-0.25, -0.2) is 4.52 Å². The number of nitrogens with two attached hydrogens (primary N) is 1. The van der Waals surface area contributed by atoms with Crippen LogP contribution in [-0.4, -0.2) is 46.5 Å². The number of hydrogen-bond acceptors (Lipinski definition) is 6. The van der Waals surface area contributed by atoms with Crippen molar-refractivity contribution in [2.75, 3.05) is 5.73 Å². The van der Waals surface area contributed by atoms with Crippen LogP contribution in [0.5, 0.6) is 0 Å². The summed E-state index contributed by atoms with van der Waals surface area (Å²) in [6, 6.07) is 7.91. The molecule has 1 aromatic carbocycles. The molecule has 0 saturated heterocycles. The summed E-state index contributed by atoms with van der Waals surface area (Å²) in [6.07, 6.45) is 8.14. The summed E-state index contributed by atoms with van der Waals surface area (Å²) in [5, 5.41) is 19.9. The molecular formula is C22H23N9O. The van der Waals surface area contributed by atoms with Crippen LogP contribution in [0.2, 0.25) is 0 Å². The molecule has 1 amide bonds. The number of fused-ring (bicyclic) bond motifs is 2. The molecule has 4 N–H and O–H groups in total. The summed E-state index contributed by atoms with van der Waals surface area (Å²) >= 11 is 0. The fourth-order valence-electron chi connectivity index (χ4n) is 3.67. The number of nitrogen functional groups attached to an aromatic ring is 1. The van der Waals surface area contributed by atoms with Gasteiger partial charge in [0, 0.05) is 34.9 Å². The number of pyridine rings is 1. The average molecular weight is 429 g/mol. The van der Waals surface area contributed by atoms with Crippen LogP contribution in [0.15, 0.2) is 49.1 Å². The summed E-state index contributed by atoms with van der Waals surface area (Å²) < 4.78 is 3.39. The molecule has 0 aliphatic heterocycles. The molecule has 5 aromatic rings. The summed E-state index contributed by atoms with van der Waals surface area (Å²) in [5.74, 6) is -0.0972. The molecule has 5 rings (SSSR count). The van der Waals surface area contributed by atoms with E-state index in [1.807, 2.05) is 42.9 Å². The van der Waals surface area contributed by atoms with E-state index in [4.69, 9.17) is 5.73 Å². The van der Waals surface area contributed by atoms with Crippen LogP contribution >= 0.6 is 0 Å². The van der Waals surface area contributed by atoms with Gasteiger partial charge in [0.25, 0.3) is 5.91 Å². The molecule has 4 heterocycles. The van der Waals surface area contributed by atoms with E-state index in [1.165, 1.54) is 0 Å². The minimum Gasteiger partial charge on any atom is -0.366 e. The van der Waals surface area contributed by atoms with E-state index in [-0.39, 0.29) is 17.9 Å². The predicted molar refractivity (Wildman–Crippen MR) is 121 cm³/mol. The highest BCUT2D eigenvalue weighted by Gasteiger charge is 2.18. The zero-order valence-electron chi connectivity index (χ0n) is 17.8. The van der Waals surface area contributed by atoms with E-state index >= 15 is 0 Å². The Balaban J connectivity index is 1.50. The number of anilines is 1. The highest BCUT2D eigenvalue weighted by atomic mass is 16.1. The first-order chi connectivity index (χ1) is 15.5. The maximum absolute atomic E-state index is 12.9. The van der Waals surface area contributed by atoms with Gasteiger partial charge >= 0.3 is 0 Å². The number of nitrogens with zero attached hydrogens (tertiary/aromatic N) is 6. The van der Waals surface area contributed by atoms with Crippen LogP contribution in [0, 0.1) is 0 Å². The predicted octanol–water partition coefficient (Wildman–Crippen LogP) is 2.63. The van der Waals surface area contributed by atoms with Gasteiger partial charge in [-0.2, -0.15) is 15.2 Å². The zero-order valence-corrected chi connectivity index (χ0v) is 17.8. The fraction of sp³-hybridized carbons (Fsp3) is 0.227. The number of benzene rings is 1. The highest BCUT2D eigenvalue weighted by Crippen LogP contribution is 2.24. The second kappa shape index (κ2) is 7.80. The molecule has 0 radical (unpaired) electrons. The number of aromatic nitrogens is 7. The number of carbonyl (C=O) groups excluding carboxylic acids is 1. The van der Waals surface area contributed by atoms with Gasteiger partial charge in [0.15, 0.2) is 5.65 Å². The van der Waals surface area contributed by atoms with E-state index in [9.17, 15) is 4.79 Å². The smallest absolute Gasteiger partial charge is 0.255 e. The van der Waals surface area contributed by atoms with Crippen molar-refractivity contribution in [1.82, 2.24) is 39.9 Å². The Bertz CT molecular complexity index is 1430. The summed E-state index contributed by atoms with van der Waals surface area (Å²) in [5.41, 5.74) is 10.4. The number of rotatable bonds is 6. The van der Waals surface area contributed by atoms with E-state index in [0.29, 0.717) is 17.8 Å². The fourth-order valence-corrected chi connectivity index (χ4v) is 3.67. The van der Waals surface area contributed by atoms with Gasteiger partial charge in [0.1, 0.15) is 0 Å². The number of H-pyrrole nitrogens is 1. The van der Waals surface area contributed by atoms with Gasteiger partial charge in [-0.3, -0.25) is 14.6 Å². The third-order valence-corrected chi connectivity index (χ3v) is 5.55. The Morgan fingerprint density at radius 3 is 2.97 bits per heavy atom. The van der Waals surface area contributed by atoms with Gasteiger partial charge < -0.3 is 11.1 Å². The van der Waals surface area contributed by atoms with Gasteiger partial charge in [-0.15, -0.1) is 5.10 Å². The lowest BCUT2D eigenvalue weighted by Gasteiger charge is -2.12. The van der Waals surface area contributed by atoms with Crippen LogP contribution in [0.25, 0.3) is 27.7 Å². The number of para-hydroxylation sites is 1. The van der Waals surface area contributed by atoms with Crippen LogP contribution in [0.1, 0.15) is 36.2 Å². The van der Waals surface area contributed by atoms with E-state index in [2.05, 4.69) is 30.7 Å². The van der Waals surface area contributed by atoms with Crippen molar-refractivity contribution in [2.45, 2.75) is 32.9 Å². The van der Waals surface area contributed by atoms with Crippen molar-refractivity contribution in [2.24, 2.45) is 0 Å². The maximum Gasteiger partial charge on any atom is 0.255 e. The lowest BCUT2D eigenvalue weighted by molar-refractivity contribution is 0.0940. The van der Waals surface area contributed by atoms with Gasteiger partial charge in [-0.05, 0) is 25.0 Å². The third-order valence-electron chi connectivity index (χ3n) is 5.55.